The van der Waals surface area contributed by atoms with Crippen molar-refractivity contribution in [2.45, 2.75) is 25.8 Å². The first-order valence-corrected chi connectivity index (χ1v) is 5.78. The molecular weight excluding hydrogens is 236 g/mol. The van der Waals surface area contributed by atoms with Crippen molar-refractivity contribution in [3.05, 3.63) is 28.8 Å². The van der Waals surface area contributed by atoms with Crippen molar-refractivity contribution >= 4 is 23.2 Å². The normalized spacial score (nSPS) is 11.6. The summed E-state index contributed by atoms with van der Waals surface area (Å²) in [5.41, 5.74) is 6.46. The van der Waals surface area contributed by atoms with Gasteiger partial charge in [0.1, 0.15) is 0 Å². The smallest absolute Gasteiger partial charge is 0.254 e. The highest BCUT2D eigenvalue weighted by molar-refractivity contribution is 6.31. The monoisotopic (exact) mass is 250 g/mol. The molecule has 1 atom stereocenters. The standard InChI is InChI=1S/C13H15ClN2O/c1-3-5-10(4-2)16-13(17)11-7-6-9(14)8-12(11)15/h2,6-8,10H,3,5,15H2,1H3,(H,16,17). The summed E-state index contributed by atoms with van der Waals surface area (Å²) in [6.45, 7) is 2.01. The molecule has 0 saturated heterocycles. The number of nitrogens with one attached hydrogen (secondary N) is 1. The lowest BCUT2D eigenvalue weighted by atomic mass is 10.1. The predicted molar refractivity (Wildman–Crippen MR) is 70.9 cm³/mol. The molecule has 0 bridgehead atoms. The Labute approximate surface area is 106 Å². The number of terminal acetylenes is 1. The van der Waals surface area contributed by atoms with Gasteiger partial charge in [-0.25, -0.2) is 0 Å². The van der Waals surface area contributed by atoms with Crippen molar-refractivity contribution in [2.75, 3.05) is 5.73 Å². The zero-order chi connectivity index (χ0) is 12.8. The lowest BCUT2D eigenvalue weighted by molar-refractivity contribution is 0.0945. The third-order valence-corrected chi connectivity index (χ3v) is 2.58. The number of hydrogen-bond acceptors (Lipinski definition) is 2. The Morgan fingerprint density at radius 1 is 1.65 bits per heavy atom. The van der Waals surface area contributed by atoms with E-state index in [0.29, 0.717) is 16.3 Å². The molecular formula is C13H15ClN2O. The molecule has 1 aromatic carbocycles. The lowest BCUT2D eigenvalue weighted by Crippen LogP contribution is -2.34. The molecule has 0 saturated carbocycles. The summed E-state index contributed by atoms with van der Waals surface area (Å²) in [6, 6.07) is 4.49. The zero-order valence-electron chi connectivity index (χ0n) is 9.66. The maximum absolute atomic E-state index is 11.9. The minimum absolute atomic E-state index is 0.262. The van der Waals surface area contributed by atoms with Crippen molar-refractivity contribution in [1.82, 2.24) is 5.32 Å². The minimum Gasteiger partial charge on any atom is -0.398 e. The van der Waals surface area contributed by atoms with Crippen LogP contribution >= 0.6 is 11.6 Å². The van der Waals surface area contributed by atoms with Gasteiger partial charge in [0.15, 0.2) is 0 Å². The second-order valence-electron chi connectivity index (χ2n) is 3.71. The van der Waals surface area contributed by atoms with Gasteiger partial charge in [0, 0.05) is 10.7 Å². The number of benzene rings is 1. The van der Waals surface area contributed by atoms with Crippen LogP contribution in [0.25, 0.3) is 0 Å². The van der Waals surface area contributed by atoms with Crippen LogP contribution in [0.15, 0.2) is 18.2 Å². The number of carbonyl (C=O) groups excluding carboxylic acids is 1. The number of nitrogen functional groups attached to an aromatic ring is 1. The fourth-order valence-corrected chi connectivity index (χ4v) is 1.64. The topological polar surface area (TPSA) is 55.1 Å². The molecule has 0 aliphatic carbocycles. The Morgan fingerprint density at radius 2 is 2.35 bits per heavy atom. The molecule has 0 spiro atoms. The van der Waals surface area contributed by atoms with E-state index in [1.807, 2.05) is 6.92 Å². The molecule has 1 unspecified atom stereocenters. The number of hydrogen-bond donors (Lipinski definition) is 2. The first kappa shape index (κ1) is 13.4. The molecule has 1 aromatic rings. The molecule has 0 aromatic heterocycles. The zero-order valence-corrected chi connectivity index (χ0v) is 10.4. The number of nitrogens with two attached hydrogens (primary N) is 1. The van der Waals surface area contributed by atoms with Crippen LogP contribution in [0.4, 0.5) is 5.69 Å². The number of anilines is 1. The molecule has 4 heteroatoms. The van der Waals surface area contributed by atoms with Crippen LogP contribution in [-0.2, 0) is 0 Å². The van der Waals surface area contributed by atoms with Crippen LogP contribution in [0, 0.1) is 12.3 Å². The Morgan fingerprint density at radius 3 is 2.88 bits per heavy atom. The van der Waals surface area contributed by atoms with E-state index >= 15 is 0 Å². The maximum atomic E-state index is 11.9. The largest absolute Gasteiger partial charge is 0.398 e. The van der Waals surface area contributed by atoms with E-state index in [-0.39, 0.29) is 11.9 Å². The van der Waals surface area contributed by atoms with E-state index in [2.05, 4.69) is 11.2 Å². The van der Waals surface area contributed by atoms with Gasteiger partial charge in [-0.1, -0.05) is 30.9 Å². The predicted octanol–water partition coefficient (Wildman–Crippen LogP) is 2.45. The summed E-state index contributed by atoms with van der Waals surface area (Å²) < 4.78 is 0. The van der Waals surface area contributed by atoms with Gasteiger partial charge in [-0.3, -0.25) is 4.79 Å². The Hall–Kier alpha value is -1.66. The average molecular weight is 251 g/mol. The third-order valence-electron chi connectivity index (χ3n) is 2.34. The molecule has 90 valence electrons. The first-order valence-electron chi connectivity index (χ1n) is 5.40. The van der Waals surface area contributed by atoms with Gasteiger partial charge in [-0.15, -0.1) is 6.42 Å². The van der Waals surface area contributed by atoms with E-state index in [4.69, 9.17) is 23.8 Å². The maximum Gasteiger partial charge on any atom is 0.254 e. The van der Waals surface area contributed by atoms with Crippen molar-refractivity contribution < 1.29 is 4.79 Å². The van der Waals surface area contributed by atoms with E-state index < -0.39 is 0 Å². The molecule has 0 aliphatic heterocycles. The Balaban J connectivity index is 2.79. The highest BCUT2D eigenvalue weighted by atomic mass is 35.5. The van der Waals surface area contributed by atoms with Crippen molar-refractivity contribution in [1.29, 1.82) is 0 Å². The van der Waals surface area contributed by atoms with Gasteiger partial charge < -0.3 is 11.1 Å². The van der Waals surface area contributed by atoms with Gasteiger partial charge in [0.05, 0.1) is 11.6 Å². The van der Waals surface area contributed by atoms with Gasteiger partial charge in [-0.05, 0) is 24.6 Å². The fourth-order valence-electron chi connectivity index (χ4n) is 1.46. The number of rotatable bonds is 4. The van der Waals surface area contributed by atoms with Gasteiger partial charge >= 0.3 is 0 Å². The molecule has 1 amide bonds. The average Bonchev–Trinajstić information content (AvgIpc) is 2.28. The molecule has 0 radical (unpaired) electrons. The van der Waals surface area contributed by atoms with Gasteiger partial charge in [0.25, 0.3) is 5.91 Å². The minimum atomic E-state index is -0.268. The molecule has 3 nitrogen and oxygen atoms in total. The number of carbonyl (C=O) groups is 1. The van der Waals surface area contributed by atoms with Gasteiger partial charge in [-0.2, -0.15) is 0 Å². The van der Waals surface area contributed by atoms with E-state index in [0.717, 1.165) is 12.8 Å². The van der Waals surface area contributed by atoms with Crippen LogP contribution in [0.2, 0.25) is 5.02 Å². The van der Waals surface area contributed by atoms with Crippen molar-refractivity contribution in [3.63, 3.8) is 0 Å². The Bertz CT molecular complexity index is 451. The van der Waals surface area contributed by atoms with Gasteiger partial charge in [0.2, 0.25) is 0 Å². The molecule has 1 rings (SSSR count). The van der Waals surface area contributed by atoms with Crippen LogP contribution < -0.4 is 11.1 Å². The molecule has 0 heterocycles. The van der Waals surface area contributed by atoms with Crippen molar-refractivity contribution in [2.24, 2.45) is 0 Å². The highest BCUT2D eigenvalue weighted by Gasteiger charge is 2.13. The Kier molecular flexibility index (Phi) is 4.86. The van der Waals surface area contributed by atoms with E-state index in [1.54, 1.807) is 18.2 Å². The quantitative estimate of drug-likeness (QED) is 0.637. The van der Waals surface area contributed by atoms with E-state index in [1.165, 1.54) is 0 Å². The molecule has 17 heavy (non-hydrogen) atoms. The molecule has 0 aliphatic rings. The number of halogens is 1. The van der Waals surface area contributed by atoms with E-state index in [9.17, 15) is 4.79 Å². The lowest BCUT2D eigenvalue weighted by Gasteiger charge is -2.13. The summed E-state index contributed by atoms with van der Waals surface area (Å²) in [4.78, 5) is 11.9. The summed E-state index contributed by atoms with van der Waals surface area (Å²) in [6.07, 6.45) is 6.98. The fraction of sp³-hybridized carbons (Fsp3) is 0.308. The first-order chi connectivity index (χ1) is 8.08. The summed E-state index contributed by atoms with van der Waals surface area (Å²) in [5, 5.41) is 3.25. The third kappa shape index (κ3) is 3.69. The summed E-state index contributed by atoms with van der Waals surface area (Å²) in [5.74, 6) is 2.27. The summed E-state index contributed by atoms with van der Waals surface area (Å²) >= 11 is 5.76. The second kappa shape index (κ2) is 6.17. The molecule has 0 fully saturated rings. The van der Waals surface area contributed by atoms with Crippen molar-refractivity contribution in [3.8, 4) is 12.3 Å². The highest BCUT2D eigenvalue weighted by Crippen LogP contribution is 2.18. The van der Waals surface area contributed by atoms with Crippen LogP contribution in [-0.4, -0.2) is 11.9 Å². The van der Waals surface area contributed by atoms with Crippen LogP contribution in [0.3, 0.4) is 0 Å². The molecule has 3 N–H and O–H groups in total. The van der Waals surface area contributed by atoms with Crippen LogP contribution in [0.1, 0.15) is 30.1 Å². The SMILES string of the molecule is C#CC(CCC)NC(=O)c1ccc(Cl)cc1N. The summed E-state index contributed by atoms with van der Waals surface area (Å²) in [7, 11) is 0. The van der Waals surface area contributed by atoms with Crippen LogP contribution in [0.5, 0.6) is 0 Å². The number of amides is 1. The second-order valence-corrected chi connectivity index (χ2v) is 4.15.